The molecule has 3 unspecified atom stereocenters. The SMILES string of the molecule is CC1(C)C2OCCCC2C1(N)C(=O)N1CCSCC1. The Morgan fingerprint density at radius 2 is 2.05 bits per heavy atom. The Kier molecular flexibility index (Phi) is 3.35. The number of ether oxygens (including phenoxy) is 1. The molecule has 108 valence electrons. The van der Waals surface area contributed by atoms with Crippen LogP contribution in [-0.4, -0.2) is 53.7 Å². The van der Waals surface area contributed by atoms with Crippen molar-refractivity contribution in [3.63, 3.8) is 0 Å². The first kappa shape index (κ1) is 13.7. The van der Waals surface area contributed by atoms with Crippen LogP contribution >= 0.6 is 11.8 Å². The minimum atomic E-state index is -0.722. The second-order valence-electron chi connectivity index (χ2n) is 6.54. The molecule has 3 aliphatic rings. The number of carbonyl (C=O) groups is 1. The molecule has 2 heterocycles. The minimum absolute atomic E-state index is 0.157. The summed E-state index contributed by atoms with van der Waals surface area (Å²) in [5.74, 6) is 2.43. The normalized spacial score (nSPS) is 41.3. The van der Waals surface area contributed by atoms with Crippen molar-refractivity contribution in [3.05, 3.63) is 0 Å². The van der Waals surface area contributed by atoms with Crippen LogP contribution in [0.3, 0.4) is 0 Å². The van der Waals surface area contributed by atoms with Crippen LogP contribution < -0.4 is 5.73 Å². The van der Waals surface area contributed by atoms with E-state index >= 15 is 0 Å². The van der Waals surface area contributed by atoms with E-state index in [0.717, 1.165) is 44.0 Å². The largest absolute Gasteiger partial charge is 0.377 e. The number of carbonyl (C=O) groups excluding carboxylic acids is 1. The monoisotopic (exact) mass is 284 g/mol. The summed E-state index contributed by atoms with van der Waals surface area (Å²) in [6, 6.07) is 0. The van der Waals surface area contributed by atoms with Gasteiger partial charge in [-0.3, -0.25) is 4.79 Å². The van der Waals surface area contributed by atoms with Crippen molar-refractivity contribution >= 4 is 17.7 Å². The van der Waals surface area contributed by atoms with E-state index in [1.807, 2.05) is 16.7 Å². The molecule has 0 spiro atoms. The van der Waals surface area contributed by atoms with E-state index in [0.29, 0.717) is 0 Å². The third-order valence-corrected chi connectivity index (χ3v) is 6.28. The fraction of sp³-hybridized carbons (Fsp3) is 0.929. The molecule has 5 heteroatoms. The van der Waals surface area contributed by atoms with Crippen LogP contribution in [0.15, 0.2) is 0 Å². The Hall–Kier alpha value is -0.260. The lowest BCUT2D eigenvalue weighted by Crippen LogP contribution is -2.82. The van der Waals surface area contributed by atoms with Gasteiger partial charge in [0.05, 0.1) is 6.10 Å². The second kappa shape index (κ2) is 4.64. The summed E-state index contributed by atoms with van der Waals surface area (Å²) in [5, 5.41) is 0. The molecular formula is C14H24N2O2S. The van der Waals surface area contributed by atoms with Gasteiger partial charge in [0.25, 0.3) is 0 Å². The molecule has 0 aromatic rings. The smallest absolute Gasteiger partial charge is 0.243 e. The van der Waals surface area contributed by atoms with Crippen LogP contribution in [0.5, 0.6) is 0 Å². The number of hydrogen-bond acceptors (Lipinski definition) is 4. The van der Waals surface area contributed by atoms with Crippen molar-refractivity contribution in [1.29, 1.82) is 0 Å². The number of nitrogens with zero attached hydrogens (tertiary/aromatic N) is 1. The highest BCUT2D eigenvalue weighted by Crippen LogP contribution is 2.58. The molecule has 2 N–H and O–H groups in total. The van der Waals surface area contributed by atoms with Gasteiger partial charge in [0.15, 0.2) is 0 Å². The van der Waals surface area contributed by atoms with Gasteiger partial charge in [-0.2, -0.15) is 11.8 Å². The van der Waals surface area contributed by atoms with Gasteiger partial charge in [0.1, 0.15) is 5.54 Å². The summed E-state index contributed by atoms with van der Waals surface area (Å²) in [7, 11) is 0. The molecule has 3 rings (SSSR count). The molecule has 0 aromatic carbocycles. The molecular weight excluding hydrogens is 260 g/mol. The van der Waals surface area contributed by atoms with Gasteiger partial charge in [0.2, 0.25) is 5.91 Å². The van der Waals surface area contributed by atoms with Crippen molar-refractivity contribution in [1.82, 2.24) is 4.90 Å². The van der Waals surface area contributed by atoms with Gasteiger partial charge in [-0.1, -0.05) is 13.8 Å². The Balaban J connectivity index is 1.82. The van der Waals surface area contributed by atoms with E-state index < -0.39 is 5.54 Å². The zero-order valence-corrected chi connectivity index (χ0v) is 12.7. The first-order chi connectivity index (χ1) is 8.99. The van der Waals surface area contributed by atoms with Gasteiger partial charge in [-0.05, 0) is 12.8 Å². The van der Waals surface area contributed by atoms with Crippen LogP contribution in [-0.2, 0) is 9.53 Å². The van der Waals surface area contributed by atoms with Crippen LogP contribution in [0.4, 0.5) is 0 Å². The van der Waals surface area contributed by atoms with Gasteiger partial charge in [-0.25, -0.2) is 0 Å². The molecule has 3 atom stereocenters. The Labute approximate surface area is 119 Å². The minimum Gasteiger partial charge on any atom is -0.377 e. The molecule has 0 bridgehead atoms. The van der Waals surface area contributed by atoms with Crippen LogP contribution in [0, 0.1) is 11.3 Å². The molecule has 0 aromatic heterocycles. The van der Waals surface area contributed by atoms with Crippen molar-refractivity contribution in [3.8, 4) is 0 Å². The number of thioether (sulfide) groups is 1. The molecule has 2 aliphatic heterocycles. The summed E-state index contributed by atoms with van der Waals surface area (Å²) in [5.41, 5.74) is 5.66. The van der Waals surface area contributed by atoms with E-state index in [9.17, 15) is 4.79 Å². The standard InChI is InChI=1S/C14H24N2O2S/c1-13(2)11-10(4-3-7-18-11)14(13,15)12(17)16-5-8-19-9-6-16/h10-11H,3-9,15H2,1-2H3. The quantitative estimate of drug-likeness (QED) is 0.783. The zero-order valence-electron chi connectivity index (χ0n) is 11.9. The lowest BCUT2D eigenvalue weighted by Gasteiger charge is -2.65. The van der Waals surface area contributed by atoms with Gasteiger partial charge in [-0.15, -0.1) is 0 Å². The van der Waals surface area contributed by atoms with E-state index in [1.54, 1.807) is 0 Å². The maximum absolute atomic E-state index is 12.9. The number of rotatable bonds is 1. The molecule has 3 fully saturated rings. The van der Waals surface area contributed by atoms with Gasteiger partial charge in [0, 0.05) is 42.5 Å². The molecule has 19 heavy (non-hydrogen) atoms. The van der Waals surface area contributed by atoms with E-state index in [-0.39, 0.29) is 23.3 Å². The van der Waals surface area contributed by atoms with Crippen LogP contribution in [0.25, 0.3) is 0 Å². The lowest BCUT2D eigenvalue weighted by atomic mass is 9.46. The summed E-state index contributed by atoms with van der Waals surface area (Å²) in [6.07, 6.45) is 2.22. The van der Waals surface area contributed by atoms with E-state index in [1.165, 1.54) is 0 Å². The highest BCUT2D eigenvalue weighted by atomic mass is 32.2. The Bertz CT molecular complexity index is 382. The number of nitrogens with two attached hydrogens (primary N) is 1. The summed E-state index contributed by atoms with van der Waals surface area (Å²) >= 11 is 1.92. The lowest BCUT2D eigenvalue weighted by molar-refractivity contribution is -0.230. The molecule has 1 saturated carbocycles. The van der Waals surface area contributed by atoms with Crippen molar-refractivity contribution < 1.29 is 9.53 Å². The first-order valence-electron chi connectivity index (χ1n) is 7.27. The average Bonchev–Trinajstić information content (AvgIpc) is 2.46. The highest BCUT2D eigenvalue weighted by molar-refractivity contribution is 7.99. The third kappa shape index (κ3) is 1.78. The predicted molar refractivity (Wildman–Crippen MR) is 77.1 cm³/mol. The van der Waals surface area contributed by atoms with Crippen LogP contribution in [0.1, 0.15) is 26.7 Å². The summed E-state index contributed by atoms with van der Waals surface area (Å²) in [4.78, 5) is 14.9. The third-order valence-electron chi connectivity index (χ3n) is 5.34. The number of amides is 1. The topological polar surface area (TPSA) is 55.6 Å². The molecule has 0 radical (unpaired) electrons. The molecule has 1 aliphatic carbocycles. The first-order valence-corrected chi connectivity index (χ1v) is 8.42. The molecule has 4 nitrogen and oxygen atoms in total. The van der Waals surface area contributed by atoms with E-state index in [4.69, 9.17) is 10.5 Å². The van der Waals surface area contributed by atoms with Crippen molar-refractivity contribution in [2.45, 2.75) is 38.3 Å². The van der Waals surface area contributed by atoms with E-state index in [2.05, 4.69) is 13.8 Å². The Morgan fingerprint density at radius 1 is 1.37 bits per heavy atom. The maximum Gasteiger partial charge on any atom is 0.243 e. The zero-order chi connectivity index (χ0) is 13.7. The summed E-state index contributed by atoms with van der Waals surface area (Å²) in [6.45, 7) is 6.69. The summed E-state index contributed by atoms with van der Waals surface area (Å²) < 4.78 is 5.87. The fourth-order valence-electron chi connectivity index (χ4n) is 4.04. The van der Waals surface area contributed by atoms with Crippen molar-refractivity contribution in [2.24, 2.45) is 17.1 Å². The average molecular weight is 284 g/mol. The Morgan fingerprint density at radius 3 is 2.74 bits per heavy atom. The maximum atomic E-state index is 12.9. The predicted octanol–water partition coefficient (Wildman–Crippen LogP) is 1.09. The molecule has 2 saturated heterocycles. The van der Waals surface area contributed by atoms with Gasteiger partial charge >= 0.3 is 0 Å². The second-order valence-corrected chi connectivity index (χ2v) is 7.76. The fourth-order valence-corrected chi connectivity index (χ4v) is 4.94. The number of fused-ring (bicyclic) bond motifs is 1. The van der Waals surface area contributed by atoms with Gasteiger partial charge < -0.3 is 15.4 Å². The van der Waals surface area contributed by atoms with Crippen molar-refractivity contribution in [2.75, 3.05) is 31.2 Å². The number of hydrogen-bond donors (Lipinski definition) is 1. The molecule has 1 amide bonds. The highest BCUT2D eigenvalue weighted by Gasteiger charge is 2.70. The van der Waals surface area contributed by atoms with Crippen LogP contribution in [0.2, 0.25) is 0 Å².